The van der Waals surface area contributed by atoms with Gasteiger partial charge in [-0.25, -0.2) is 12.8 Å². The van der Waals surface area contributed by atoms with Crippen molar-refractivity contribution in [2.75, 3.05) is 23.3 Å². The number of anilines is 2. The van der Waals surface area contributed by atoms with Gasteiger partial charge < -0.3 is 9.64 Å². The van der Waals surface area contributed by atoms with Crippen molar-refractivity contribution in [3.05, 3.63) is 47.2 Å². The van der Waals surface area contributed by atoms with Crippen molar-refractivity contribution in [1.29, 1.82) is 0 Å². The van der Waals surface area contributed by atoms with Crippen LogP contribution in [-0.2, 0) is 14.8 Å². The van der Waals surface area contributed by atoms with Gasteiger partial charge in [0.05, 0.1) is 18.5 Å². The first-order valence-corrected chi connectivity index (χ1v) is 9.64. The van der Waals surface area contributed by atoms with Crippen molar-refractivity contribution in [1.82, 2.24) is 0 Å². The van der Waals surface area contributed by atoms with Crippen LogP contribution >= 0.6 is 11.6 Å². The van der Waals surface area contributed by atoms with Gasteiger partial charge in [0, 0.05) is 24.1 Å². The van der Waals surface area contributed by atoms with Crippen LogP contribution in [0.2, 0.25) is 5.02 Å². The van der Waals surface area contributed by atoms with Crippen molar-refractivity contribution in [3.63, 3.8) is 0 Å². The van der Waals surface area contributed by atoms with Crippen LogP contribution in [0.25, 0.3) is 0 Å². The van der Waals surface area contributed by atoms with Crippen molar-refractivity contribution in [2.45, 2.75) is 17.7 Å². The standard InChI is InChI=1S/C17H16ClFN2O4S/c1-25-15-10-12(5-6-14(15)21-8-2-3-17(21)22)20-26(23,24)16-7-4-11(18)9-13(16)19/h4-7,9-10,20H,2-3,8H2,1H3. The number of carbonyl (C=O) groups excluding carboxylic acids is 1. The quantitative estimate of drug-likeness (QED) is 0.837. The average Bonchev–Trinajstić information content (AvgIpc) is 2.99. The summed E-state index contributed by atoms with van der Waals surface area (Å²) in [6.07, 6.45) is 1.22. The molecule has 0 unspecified atom stereocenters. The van der Waals surface area contributed by atoms with Gasteiger partial charge in [-0.3, -0.25) is 9.52 Å². The van der Waals surface area contributed by atoms with E-state index in [0.29, 0.717) is 24.4 Å². The number of carbonyl (C=O) groups is 1. The molecule has 9 heteroatoms. The van der Waals surface area contributed by atoms with Crippen LogP contribution in [0.3, 0.4) is 0 Å². The summed E-state index contributed by atoms with van der Waals surface area (Å²) in [6, 6.07) is 7.86. The Kier molecular flexibility index (Phi) is 5.06. The Hall–Kier alpha value is -2.32. The Morgan fingerprint density at radius 3 is 2.62 bits per heavy atom. The van der Waals surface area contributed by atoms with E-state index in [-0.39, 0.29) is 16.6 Å². The Labute approximate surface area is 155 Å². The molecule has 138 valence electrons. The minimum atomic E-state index is -4.15. The molecule has 0 aromatic heterocycles. The zero-order valence-electron chi connectivity index (χ0n) is 13.8. The van der Waals surface area contributed by atoms with Crippen LogP contribution in [0.1, 0.15) is 12.8 Å². The highest BCUT2D eigenvalue weighted by molar-refractivity contribution is 7.92. The first-order chi connectivity index (χ1) is 12.3. The van der Waals surface area contributed by atoms with Gasteiger partial charge in [-0.15, -0.1) is 0 Å². The molecule has 26 heavy (non-hydrogen) atoms. The van der Waals surface area contributed by atoms with Gasteiger partial charge in [0.15, 0.2) is 0 Å². The molecule has 6 nitrogen and oxygen atoms in total. The largest absolute Gasteiger partial charge is 0.494 e. The number of nitrogens with one attached hydrogen (secondary N) is 1. The van der Waals surface area contributed by atoms with Crippen molar-refractivity contribution < 1.29 is 22.3 Å². The summed E-state index contributed by atoms with van der Waals surface area (Å²) in [7, 11) is -2.72. The van der Waals surface area contributed by atoms with Crippen LogP contribution in [0.15, 0.2) is 41.3 Å². The van der Waals surface area contributed by atoms with E-state index in [2.05, 4.69) is 4.72 Å². The lowest BCUT2D eigenvalue weighted by atomic mass is 10.2. The van der Waals surface area contributed by atoms with Crippen molar-refractivity contribution in [3.8, 4) is 5.75 Å². The van der Waals surface area contributed by atoms with Gasteiger partial charge in [-0.2, -0.15) is 0 Å². The summed E-state index contributed by atoms with van der Waals surface area (Å²) in [4.78, 5) is 13.0. The third kappa shape index (κ3) is 3.61. The molecule has 0 atom stereocenters. The number of sulfonamides is 1. The number of hydrogen-bond acceptors (Lipinski definition) is 4. The second kappa shape index (κ2) is 7.13. The third-order valence-electron chi connectivity index (χ3n) is 3.98. The summed E-state index contributed by atoms with van der Waals surface area (Å²) >= 11 is 5.65. The lowest BCUT2D eigenvalue weighted by Crippen LogP contribution is -2.24. The fraction of sp³-hybridized carbons (Fsp3) is 0.235. The fourth-order valence-electron chi connectivity index (χ4n) is 2.77. The summed E-state index contributed by atoms with van der Waals surface area (Å²) in [5.41, 5.74) is 0.752. The maximum absolute atomic E-state index is 13.9. The summed E-state index contributed by atoms with van der Waals surface area (Å²) in [6.45, 7) is 0.580. The van der Waals surface area contributed by atoms with E-state index in [9.17, 15) is 17.6 Å². The molecule has 1 amide bonds. The molecule has 2 aromatic carbocycles. The minimum absolute atomic E-state index is 0.0140. The van der Waals surface area contributed by atoms with Crippen LogP contribution in [-0.4, -0.2) is 28.0 Å². The van der Waals surface area contributed by atoms with Gasteiger partial charge in [0.1, 0.15) is 16.5 Å². The number of methoxy groups -OCH3 is 1. The van der Waals surface area contributed by atoms with E-state index < -0.39 is 20.7 Å². The predicted molar refractivity (Wildman–Crippen MR) is 96.8 cm³/mol. The lowest BCUT2D eigenvalue weighted by molar-refractivity contribution is -0.117. The summed E-state index contributed by atoms with van der Waals surface area (Å²) in [5, 5.41) is 0.0998. The molecule has 2 aromatic rings. The van der Waals surface area contributed by atoms with Crippen LogP contribution in [0, 0.1) is 5.82 Å². The van der Waals surface area contributed by atoms with E-state index in [4.69, 9.17) is 16.3 Å². The zero-order valence-corrected chi connectivity index (χ0v) is 15.4. The Balaban J connectivity index is 1.91. The van der Waals surface area contributed by atoms with E-state index >= 15 is 0 Å². The van der Waals surface area contributed by atoms with Gasteiger partial charge in [-0.1, -0.05) is 11.6 Å². The molecule has 0 saturated carbocycles. The molecule has 1 aliphatic rings. The molecule has 1 heterocycles. The highest BCUT2D eigenvalue weighted by Gasteiger charge is 2.25. The maximum Gasteiger partial charge on any atom is 0.264 e. The summed E-state index contributed by atoms with van der Waals surface area (Å²) in [5.74, 6) is -0.617. The SMILES string of the molecule is COc1cc(NS(=O)(=O)c2ccc(Cl)cc2F)ccc1N1CCCC1=O. The number of nitrogens with zero attached hydrogens (tertiary/aromatic N) is 1. The Bertz CT molecular complexity index is 965. The van der Waals surface area contributed by atoms with Crippen molar-refractivity contribution >= 4 is 38.9 Å². The second-order valence-electron chi connectivity index (χ2n) is 5.72. The normalized spacial score (nSPS) is 14.6. The molecule has 3 rings (SSSR count). The number of ether oxygens (including phenoxy) is 1. The van der Waals surface area contributed by atoms with Gasteiger partial charge in [0.2, 0.25) is 5.91 Å². The maximum atomic E-state index is 13.9. The smallest absolute Gasteiger partial charge is 0.264 e. The highest BCUT2D eigenvalue weighted by Crippen LogP contribution is 2.34. The van der Waals surface area contributed by atoms with Crippen LogP contribution in [0.5, 0.6) is 5.75 Å². The van der Waals surface area contributed by atoms with E-state index in [0.717, 1.165) is 18.6 Å². The molecule has 0 spiro atoms. The van der Waals surface area contributed by atoms with E-state index in [1.54, 1.807) is 11.0 Å². The van der Waals surface area contributed by atoms with Crippen molar-refractivity contribution in [2.24, 2.45) is 0 Å². The predicted octanol–water partition coefficient (Wildman–Crippen LogP) is 3.42. The Morgan fingerprint density at radius 2 is 2.00 bits per heavy atom. The number of amides is 1. The molecule has 1 aliphatic heterocycles. The molecular formula is C17H16ClFN2O4S. The molecule has 0 radical (unpaired) electrons. The molecule has 0 aliphatic carbocycles. The Morgan fingerprint density at radius 1 is 1.23 bits per heavy atom. The topological polar surface area (TPSA) is 75.7 Å². The third-order valence-corrected chi connectivity index (χ3v) is 5.63. The van der Waals surface area contributed by atoms with Gasteiger partial charge >= 0.3 is 0 Å². The minimum Gasteiger partial charge on any atom is -0.494 e. The zero-order chi connectivity index (χ0) is 18.9. The lowest BCUT2D eigenvalue weighted by Gasteiger charge is -2.20. The van der Waals surface area contributed by atoms with E-state index in [1.165, 1.54) is 25.3 Å². The number of halogens is 2. The molecule has 1 N–H and O–H groups in total. The molecule has 0 bridgehead atoms. The fourth-order valence-corrected chi connectivity index (χ4v) is 4.04. The van der Waals surface area contributed by atoms with Gasteiger partial charge in [-0.05, 0) is 36.8 Å². The number of benzene rings is 2. The van der Waals surface area contributed by atoms with E-state index in [1.807, 2.05) is 0 Å². The number of hydrogen-bond donors (Lipinski definition) is 1. The highest BCUT2D eigenvalue weighted by atomic mass is 35.5. The monoisotopic (exact) mass is 398 g/mol. The summed E-state index contributed by atoms with van der Waals surface area (Å²) < 4.78 is 46.4. The van der Waals surface area contributed by atoms with Crippen LogP contribution < -0.4 is 14.4 Å². The molecule has 1 saturated heterocycles. The molecular weight excluding hydrogens is 383 g/mol. The first kappa shape index (κ1) is 18.5. The van der Waals surface area contributed by atoms with Gasteiger partial charge in [0.25, 0.3) is 10.0 Å². The molecule has 1 fully saturated rings. The first-order valence-electron chi connectivity index (χ1n) is 7.78. The van der Waals surface area contributed by atoms with Crippen LogP contribution in [0.4, 0.5) is 15.8 Å². The average molecular weight is 399 g/mol. The number of rotatable bonds is 5. The second-order valence-corrected chi connectivity index (χ2v) is 7.80.